The van der Waals surface area contributed by atoms with Crippen molar-refractivity contribution >= 4 is 22.0 Å². The number of likely N-dealkylation sites (tertiary alicyclic amines) is 1. The van der Waals surface area contributed by atoms with Crippen LogP contribution in [0.25, 0.3) is 0 Å². The maximum atomic E-state index is 12.4. The lowest BCUT2D eigenvalue weighted by atomic mass is 9.80. The number of carbonyl (C=O) groups is 1. The molecule has 0 atom stereocenters. The number of rotatable bonds is 2. The van der Waals surface area contributed by atoms with Crippen LogP contribution in [0.2, 0.25) is 0 Å². The van der Waals surface area contributed by atoms with Gasteiger partial charge in [-0.25, -0.2) is 9.78 Å². The first-order valence-corrected chi connectivity index (χ1v) is 9.32. The molecule has 1 amide bonds. The van der Waals surface area contributed by atoms with Crippen LogP contribution < -0.4 is 0 Å². The average molecular weight is 406 g/mol. The quantitative estimate of drug-likeness (QED) is 0.742. The first-order chi connectivity index (χ1) is 11.8. The van der Waals surface area contributed by atoms with Crippen LogP contribution in [0.4, 0.5) is 4.79 Å². The molecule has 0 radical (unpaired) electrons. The number of carbonyl (C=O) groups excluding carboxylic acids is 1. The summed E-state index contributed by atoms with van der Waals surface area (Å²) >= 11 is 3.70. The zero-order valence-electron chi connectivity index (χ0n) is 14.9. The Morgan fingerprint density at radius 1 is 1.24 bits per heavy atom. The maximum Gasteiger partial charge on any atom is 0.410 e. The van der Waals surface area contributed by atoms with E-state index in [1.807, 2.05) is 39.4 Å². The van der Waals surface area contributed by atoms with Crippen LogP contribution in [0.15, 0.2) is 47.5 Å². The maximum absolute atomic E-state index is 12.4. The molecule has 1 saturated heterocycles. The molecule has 25 heavy (non-hydrogen) atoms. The smallest absolute Gasteiger partial charge is 0.410 e. The number of benzene rings is 1. The molecule has 6 heteroatoms. The van der Waals surface area contributed by atoms with Gasteiger partial charge in [-0.1, -0.05) is 34.1 Å². The number of hydrogen-bond acceptors (Lipinski definition) is 3. The van der Waals surface area contributed by atoms with Gasteiger partial charge in [-0.05, 0) is 45.2 Å². The summed E-state index contributed by atoms with van der Waals surface area (Å²) in [7, 11) is 0. The Kier molecular flexibility index (Phi) is 4.91. The molecule has 1 aliphatic rings. The number of hydrogen-bond donors (Lipinski definition) is 0. The van der Waals surface area contributed by atoms with Gasteiger partial charge in [0.2, 0.25) is 0 Å². The van der Waals surface area contributed by atoms with E-state index in [0.29, 0.717) is 13.1 Å². The summed E-state index contributed by atoms with van der Waals surface area (Å²) in [6, 6.07) is 8.28. The van der Waals surface area contributed by atoms with E-state index in [1.165, 1.54) is 5.56 Å². The van der Waals surface area contributed by atoms with E-state index in [-0.39, 0.29) is 11.6 Å². The minimum atomic E-state index is -0.474. The largest absolute Gasteiger partial charge is 0.444 e. The summed E-state index contributed by atoms with van der Waals surface area (Å²) < 4.78 is 8.77. The first-order valence-electron chi connectivity index (χ1n) is 8.53. The standard InChI is InChI=1S/C19H24BrN3O2/c1-18(2,3)25-17(24)22-11-8-19(9-12-22,23-13-10-21-14-23)15-6-4-5-7-16(15)20/h4-7,10,13-14H,8-9,11-12H2,1-3H3. The third-order valence-electron chi connectivity index (χ3n) is 4.62. The SMILES string of the molecule is CC(C)(C)OC(=O)N1CCC(c2ccccc2Br)(n2ccnc2)CC1. The van der Waals surface area contributed by atoms with E-state index in [1.54, 1.807) is 11.1 Å². The van der Waals surface area contributed by atoms with Gasteiger partial charge in [-0.3, -0.25) is 0 Å². The summed E-state index contributed by atoms with van der Waals surface area (Å²) in [5.41, 5.74) is 0.532. The normalized spacial score (nSPS) is 17.4. The molecule has 2 heterocycles. The van der Waals surface area contributed by atoms with Crippen molar-refractivity contribution in [2.75, 3.05) is 13.1 Å². The van der Waals surface area contributed by atoms with Gasteiger partial charge in [-0.15, -0.1) is 0 Å². The molecule has 3 rings (SSSR count). The molecule has 134 valence electrons. The number of ether oxygens (including phenoxy) is 1. The molecule has 0 aliphatic carbocycles. The highest BCUT2D eigenvalue weighted by atomic mass is 79.9. The molecular formula is C19H24BrN3O2. The Hall–Kier alpha value is -1.82. The zero-order chi connectivity index (χ0) is 18.1. The van der Waals surface area contributed by atoms with Crippen LogP contribution in [-0.2, 0) is 10.3 Å². The van der Waals surface area contributed by atoms with Crippen LogP contribution in [-0.4, -0.2) is 39.2 Å². The van der Waals surface area contributed by atoms with E-state index < -0.39 is 5.60 Å². The van der Waals surface area contributed by atoms with Crippen LogP contribution in [0, 0.1) is 0 Å². The highest BCUT2D eigenvalue weighted by molar-refractivity contribution is 9.10. The second-order valence-electron chi connectivity index (χ2n) is 7.45. The fourth-order valence-electron chi connectivity index (χ4n) is 3.40. The molecule has 0 N–H and O–H groups in total. The van der Waals surface area contributed by atoms with E-state index in [9.17, 15) is 4.79 Å². The van der Waals surface area contributed by atoms with Crippen molar-refractivity contribution in [3.63, 3.8) is 0 Å². The van der Waals surface area contributed by atoms with Crippen LogP contribution >= 0.6 is 15.9 Å². The van der Waals surface area contributed by atoms with Crippen molar-refractivity contribution in [1.82, 2.24) is 14.5 Å². The Morgan fingerprint density at radius 2 is 1.92 bits per heavy atom. The first kappa shape index (κ1) is 18.0. The molecule has 1 aromatic heterocycles. The van der Waals surface area contributed by atoms with Gasteiger partial charge in [0.1, 0.15) is 5.60 Å². The third kappa shape index (κ3) is 3.73. The minimum absolute atomic E-state index is 0.213. The summed E-state index contributed by atoms with van der Waals surface area (Å²) in [5.74, 6) is 0. The lowest BCUT2D eigenvalue weighted by Gasteiger charge is -2.43. The Morgan fingerprint density at radius 3 is 2.48 bits per heavy atom. The van der Waals surface area contributed by atoms with Crippen LogP contribution in [0.3, 0.4) is 0 Å². The van der Waals surface area contributed by atoms with E-state index in [2.05, 4.69) is 43.7 Å². The second kappa shape index (κ2) is 6.83. The van der Waals surface area contributed by atoms with Crippen molar-refractivity contribution in [1.29, 1.82) is 0 Å². The predicted octanol–water partition coefficient (Wildman–Crippen LogP) is 4.42. The minimum Gasteiger partial charge on any atom is -0.444 e. The van der Waals surface area contributed by atoms with E-state index in [4.69, 9.17) is 4.74 Å². The van der Waals surface area contributed by atoms with E-state index in [0.717, 1.165) is 17.3 Å². The molecule has 1 aromatic carbocycles. The number of halogens is 1. The number of nitrogens with zero attached hydrogens (tertiary/aromatic N) is 3. The van der Waals surface area contributed by atoms with Gasteiger partial charge in [0, 0.05) is 30.0 Å². The number of amides is 1. The molecule has 1 fully saturated rings. The Bertz CT molecular complexity index is 729. The highest BCUT2D eigenvalue weighted by Gasteiger charge is 2.40. The zero-order valence-corrected chi connectivity index (χ0v) is 16.5. The molecular weight excluding hydrogens is 382 g/mol. The van der Waals surface area contributed by atoms with Gasteiger partial charge < -0.3 is 14.2 Å². The van der Waals surface area contributed by atoms with Crippen LogP contribution in [0.5, 0.6) is 0 Å². The lowest BCUT2D eigenvalue weighted by Crippen LogP contribution is -2.49. The Balaban J connectivity index is 1.86. The van der Waals surface area contributed by atoms with Gasteiger partial charge in [0.25, 0.3) is 0 Å². The fourth-order valence-corrected chi connectivity index (χ4v) is 4.06. The van der Waals surface area contributed by atoms with Gasteiger partial charge in [0.05, 0.1) is 11.9 Å². The second-order valence-corrected chi connectivity index (χ2v) is 8.30. The molecule has 0 bridgehead atoms. The van der Waals surface area contributed by atoms with Crippen molar-refractivity contribution < 1.29 is 9.53 Å². The summed E-state index contributed by atoms with van der Waals surface area (Å²) in [5, 5.41) is 0. The molecule has 0 spiro atoms. The van der Waals surface area contributed by atoms with Gasteiger partial charge in [0.15, 0.2) is 0 Å². The summed E-state index contributed by atoms with van der Waals surface area (Å²) in [6.07, 6.45) is 7.05. The predicted molar refractivity (Wildman–Crippen MR) is 100 cm³/mol. The van der Waals surface area contributed by atoms with Gasteiger partial charge in [-0.2, -0.15) is 0 Å². The van der Waals surface area contributed by atoms with Crippen LogP contribution in [0.1, 0.15) is 39.2 Å². The summed E-state index contributed by atoms with van der Waals surface area (Å²) in [6.45, 7) is 6.98. The molecule has 0 unspecified atom stereocenters. The molecule has 2 aromatic rings. The van der Waals surface area contributed by atoms with Crippen molar-refractivity contribution in [2.45, 2.75) is 44.8 Å². The molecule has 1 aliphatic heterocycles. The van der Waals surface area contributed by atoms with Crippen molar-refractivity contribution in [3.8, 4) is 0 Å². The number of imidazole rings is 1. The number of piperidine rings is 1. The average Bonchev–Trinajstić information content (AvgIpc) is 3.09. The number of aromatic nitrogens is 2. The van der Waals surface area contributed by atoms with Crippen molar-refractivity contribution in [3.05, 3.63) is 53.0 Å². The third-order valence-corrected chi connectivity index (χ3v) is 5.31. The monoisotopic (exact) mass is 405 g/mol. The summed E-state index contributed by atoms with van der Waals surface area (Å²) in [4.78, 5) is 18.4. The fraction of sp³-hybridized carbons (Fsp3) is 0.474. The lowest BCUT2D eigenvalue weighted by molar-refractivity contribution is 0.0146. The topological polar surface area (TPSA) is 47.4 Å². The van der Waals surface area contributed by atoms with Gasteiger partial charge >= 0.3 is 6.09 Å². The highest BCUT2D eigenvalue weighted by Crippen LogP contribution is 2.40. The molecule has 0 saturated carbocycles. The van der Waals surface area contributed by atoms with Crippen molar-refractivity contribution in [2.24, 2.45) is 0 Å². The molecule has 5 nitrogen and oxygen atoms in total. The van der Waals surface area contributed by atoms with E-state index >= 15 is 0 Å². The Labute approximate surface area is 157 Å².